The number of ether oxygens (including phenoxy) is 1. The molecule has 4 heteroatoms. The molecule has 2 atom stereocenters. The van der Waals surface area contributed by atoms with Crippen molar-refractivity contribution in [3.63, 3.8) is 0 Å². The number of para-hydroxylation sites is 1. The lowest BCUT2D eigenvalue weighted by molar-refractivity contribution is 0.133. The van der Waals surface area contributed by atoms with Crippen molar-refractivity contribution in [2.24, 2.45) is 0 Å². The van der Waals surface area contributed by atoms with E-state index in [2.05, 4.69) is 28.2 Å². The number of rotatable bonds is 2. The van der Waals surface area contributed by atoms with Crippen LogP contribution in [0, 0.1) is 0 Å². The van der Waals surface area contributed by atoms with Gasteiger partial charge in [-0.2, -0.15) is 0 Å². The zero-order valence-corrected chi connectivity index (χ0v) is 10.1. The number of halogens is 1. The molecule has 1 aliphatic heterocycles. The number of aliphatic hydroxyl groups is 1. The second-order valence-corrected chi connectivity index (χ2v) is 4.57. The Morgan fingerprint density at radius 1 is 1.53 bits per heavy atom. The average molecular weight is 272 g/mol. The second kappa shape index (κ2) is 4.41. The van der Waals surface area contributed by atoms with Gasteiger partial charge in [-0.25, -0.2) is 0 Å². The Bertz CT molecular complexity index is 356. The third-order valence-corrected chi connectivity index (χ3v) is 3.22. The van der Waals surface area contributed by atoms with E-state index >= 15 is 0 Å². The van der Waals surface area contributed by atoms with E-state index in [1.165, 1.54) is 0 Å². The summed E-state index contributed by atoms with van der Waals surface area (Å²) in [7, 11) is 0. The van der Waals surface area contributed by atoms with Crippen LogP contribution in [0.15, 0.2) is 22.7 Å². The number of hydrogen-bond acceptors (Lipinski definition) is 3. The van der Waals surface area contributed by atoms with Crippen molar-refractivity contribution in [1.82, 2.24) is 0 Å². The van der Waals surface area contributed by atoms with Gasteiger partial charge in [-0.15, -0.1) is 0 Å². The van der Waals surface area contributed by atoms with Crippen molar-refractivity contribution in [3.8, 4) is 5.75 Å². The molecule has 0 aliphatic carbocycles. The summed E-state index contributed by atoms with van der Waals surface area (Å²) < 4.78 is 6.79. The van der Waals surface area contributed by atoms with Gasteiger partial charge in [0.15, 0.2) is 5.75 Å². The van der Waals surface area contributed by atoms with Gasteiger partial charge in [-0.1, -0.05) is 6.07 Å². The van der Waals surface area contributed by atoms with Gasteiger partial charge in [0.25, 0.3) is 0 Å². The van der Waals surface area contributed by atoms with E-state index < -0.39 is 0 Å². The van der Waals surface area contributed by atoms with Crippen LogP contribution in [0.3, 0.4) is 0 Å². The molecule has 82 valence electrons. The Balaban J connectivity index is 2.26. The third-order valence-electron chi connectivity index (χ3n) is 2.59. The summed E-state index contributed by atoms with van der Waals surface area (Å²) in [6.45, 7) is 2.21. The summed E-state index contributed by atoms with van der Waals surface area (Å²) >= 11 is 3.45. The molecule has 1 aliphatic rings. The van der Waals surface area contributed by atoms with Crippen LogP contribution in [0.2, 0.25) is 0 Å². The minimum Gasteiger partial charge on any atom is -0.485 e. The first-order valence-electron chi connectivity index (χ1n) is 5.05. The molecule has 1 aromatic carbocycles. The quantitative estimate of drug-likeness (QED) is 0.868. The number of fused-ring (bicyclic) bond motifs is 1. The van der Waals surface area contributed by atoms with Crippen molar-refractivity contribution >= 4 is 21.6 Å². The summed E-state index contributed by atoms with van der Waals surface area (Å²) in [6.07, 6.45) is 0.677. The Hall–Kier alpha value is -0.740. The first-order chi connectivity index (χ1) is 7.22. The molecule has 0 bridgehead atoms. The Morgan fingerprint density at radius 3 is 3.07 bits per heavy atom. The van der Waals surface area contributed by atoms with Crippen molar-refractivity contribution < 1.29 is 9.84 Å². The van der Waals surface area contributed by atoms with Crippen LogP contribution >= 0.6 is 15.9 Å². The average Bonchev–Trinajstić information content (AvgIpc) is 2.21. The highest BCUT2D eigenvalue weighted by Gasteiger charge is 2.26. The van der Waals surface area contributed by atoms with Crippen LogP contribution in [0.5, 0.6) is 5.75 Å². The normalized spacial score (nSPS) is 23.9. The van der Waals surface area contributed by atoms with Gasteiger partial charge in [0.05, 0.1) is 16.2 Å². The summed E-state index contributed by atoms with van der Waals surface area (Å²) in [6, 6.07) is 6.13. The standard InChI is InChI=1S/C11H14BrNO2/c1-7-10(5-6-14)15-11-8(12)3-2-4-9(11)13-7/h2-4,7,10,13-14H,5-6H2,1H3. The van der Waals surface area contributed by atoms with E-state index in [1.807, 2.05) is 18.2 Å². The van der Waals surface area contributed by atoms with E-state index in [0.717, 1.165) is 15.9 Å². The van der Waals surface area contributed by atoms with Gasteiger partial charge in [-0.05, 0) is 35.0 Å². The highest BCUT2D eigenvalue weighted by Crippen LogP contribution is 2.38. The van der Waals surface area contributed by atoms with E-state index in [4.69, 9.17) is 9.84 Å². The summed E-state index contributed by atoms with van der Waals surface area (Å²) in [5.74, 6) is 0.842. The number of aliphatic hydroxyl groups excluding tert-OH is 1. The van der Waals surface area contributed by atoms with Gasteiger partial charge in [0.1, 0.15) is 6.10 Å². The SMILES string of the molecule is CC1Nc2cccc(Br)c2OC1CCO. The summed E-state index contributed by atoms with van der Waals surface area (Å²) in [5.41, 5.74) is 1.01. The van der Waals surface area contributed by atoms with Crippen LogP contribution < -0.4 is 10.1 Å². The maximum absolute atomic E-state index is 8.93. The first-order valence-corrected chi connectivity index (χ1v) is 5.84. The lowest BCUT2D eigenvalue weighted by Crippen LogP contribution is -2.39. The molecule has 2 rings (SSSR count). The molecule has 1 heterocycles. The Kier molecular flexibility index (Phi) is 3.17. The lowest BCUT2D eigenvalue weighted by atomic mass is 10.1. The van der Waals surface area contributed by atoms with Crippen molar-refractivity contribution in [3.05, 3.63) is 22.7 Å². The van der Waals surface area contributed by atoms with Gasteiger partial charge in [-0.3, -0.25) is 0 Å². The van der Waals surface area contributed by atoms with Gasteiger partial charge < -0.3 is 15.2 Å². The molecule has 1 aromatic rings. The lowest BCUT2D eigenvalue weighted by Gasteiger charge is -2.33. The Morgan fingerprint density at radius 2 is 2.33 bits per heavy atom. The number of anilines is 1. The maximum Gasteiger partial charge on any atom is 0.157 e. The van der Waals surface area contributed by atoms with Crippen LogP contribution in [0.25, 0.3) is 0 Å². The molecular formula is C11H14BrNO2. The largest absolute Gasteiger partial charge is 0.485 e. The topological polar surface area (TPSA) is 41.5 Å². The minimum absolute atomic E-state index is 0.0289. The van der Waals surface area contributed by atoms with Gasteiger partial charge in [0.2, 0.25) is 0 Å². The van der Waals surface area contributed by atoms with Gasteiger partial charge in [0, 0.05) is 13.0 Å². The predicted octanol–water partition coefficient (Wildman–Crippen LogP) is 2.39. The predicted molar refractivity (Wildman–Crippen MR) is 63.3 cm³/mol. The zero-order valence-electron chi connectivity index (χ0n) is 8.53. The molecule has 3 nitrogen and oxygen atoms in total. The minimum atomic E-state index is 0.0289. The molecule has 0 spiro atoms. The first kappa shape index (κ1) is 10.8. The fourth-order valence-corrected chi connectivity index (χ4v) is 2.23. The molecule has 0 fully saturated rings. The molecule has 0 amide bonds. The Labute approximate surface area is 97.6 Å². The smallest absolute Gasteiger partial charge is 0.157 e. The number of benzene rings is 1. The van der Waals surface area contributed by atoms with E-state index in [-0.39, 0.29) is 18.8 Å². The number of hydrogen-bond donors (Lipinski definition) is 2. The number of nitrogens with one attached hydrogen (secondary N) is 1. The van der Waals surface area contributed by atoms with Crippen LogP contribution in [-0.2, 0) is 0 Å². The van der Waals surface area contributed by atoms with Crippen LogP contribution in [-0.4, -0.2) is 23.9 Å². The van der Waals surface area contributed by atoms with Crippen molar-refractivity contribution in [2.45, 2.75) is 25.5 Å². The molecule has 15 heavy (non-hydrogen) atoms. The highest BCUT2D eigenvalue weighted by atomic mass is 79.9. The fraction of sp³-hybridized carbons (Fsp3) is 0.455. The summed E-state index contributed by atoms with van der Waals surface area (Å²) in [4.78, 5) is 0. The van der Waals surface area contributed by atoms with Gasteiger partial charge >= 0.3 is 0 Å². The van der Waals surface area contributed by atoms with Crippen molar-refractivity contribution in [2.75, 3.05) is 11.9 Å². The van der Waals surface area contributed by atoms with E-state index in [0.29, 0.717) is 6.42 Å². The molecule has 0 saturated carbocycles. The summed E-state index contributed by atoms with van der Waals surface area (Å²) in [5, 5.41) is 12.3. The van der Waals surface area contributed by atoms with Crippen LogP contribution in [0.4, 0.5) is 5.69 Å². The molecule has 0 aromatic heterocycles. The fourth-order valence-electron chi connectivity index (χ4n) is 1.77. The molecule has 2 unspecified atom stereocenters. The molecular weight excluding hydrogens is 258 g/mol. The maximum atomic E-state index is 8.93. The second-order valence-electron chi connectivity index (χ2n) is 3.72. The van der Waals surface area contributed by atoms with E-state index in [1.54, 1.807) is 0 Å². The third kappa shape index (κ3) is 2.11. The highest BCUT2D eigenvalue weighted by molar-refractivity contribution is 9.10. The molecule has 2 N–H and O–H groups in total. The monoisotopic (exact) mass is 271 g/mol. The zero-order chi connectivity index (χ0) is 10.8. The van der Waals surface area contributed by atoms with Crippen LogP contribution in [0.1, 0.15) is 13.3 Å². The van der Waals surface area contributed by atoms with Crippen molar-refractivity contribution in [1.29, 1.82) is 0 Å². The molecule has 0 saturated heterocycles. The molecule has 0 radical (unpaired) electrons. The van der Waals surface area contributed by atoms with E-state index in [9.17, 15) is 0 Å².